The fourth-order valence-corrected chi connectivity index (χ4v) is 4.52. The van der Waals surface area contributed by atoms with Gasteiger partial charge in [-0.05, 0) is 54.8 Å². The number of hydrogen-bond donors (Lipinski definition) is 1. The Morgan fingerprint density at radius 2 is 1.61 bits per heavy atom. The lowest BCUT2D eigenvalue weighted by molar-refractivity contribution is 0.102. The molecule has 1 N–H and O–H groups in total. The molecule has 1 saturated heterocycles. The first-order valence-corrected chi connectivity index (χ1v) is 12.1. The zero-order valence-corrected chi connectivity index (χ0v) is 20.7. The Kier molecular flexibility index (Phi) is 6.86. The number of hydrogen-bond acceptors (Lipinski definition) is 4. The van der Waals surface area contributed by atoms with Gasteiger partial charge in [0.15, 0.2) is 0 Å². The number of imidazole rings is 1. The Morgan fingerprint density at radius 1 is 0.939 bits per heavy atom. The third-order valence-corrected chi connectivity index (χ3v) is 6.69. The number of piperazine rings is 1. The van der Waals surface area contributed by atoms with Crippen LogP contribution in [0.2, 0.25) is 0 Å². The molecule has 176 valence electrons. The molecule has 0 unspecified atom stereocenters. The van der Waals surface area contributed by atoms with Gasteiger partial charge in [-0.15, -0.1) is 0 Å². The summed E-state index contributed by atoms with van der Waals surface area (Å²) in [6.07, 6.45) is 0. The summed E-state index contributed by atoms with van der Waals surface area (Å²) in [5.74, 6) is 0.998. The summed E-state index contributed by atoms with van der Waals surface area (Å²) in [6, 6.07) is 13.9. The number of amides is 1. The van der Waals surface area contributed by atoms with Crippen LogP contribution in [0.25, 0.3) is 11.0 Å². The molecule has 0 spiro atoms. The number of nitrogens with one attached hydrogen (secondary N) is 1. The molecule has 0 bridgehead atoms. The lowest BCUT2D eigenvalue weighted by atomic mass is 9.87. The van der Waals surface area contributed by atoms with E-state index in [1.807, 2.05) is 36.4 Å². The van der Waals surface area contributed by atoms with Crippen molar-refractivity contribution in [1.29, 1.82) is 0 Å². The third kappa shape index (κ3) is 5.28. The second-order valence-electron chi connectivity index (χ2n) is 9.97. The van der Waals surface area contributed by atoms with Gasteiger partial charge in [-0.1, -0.05) is 39.8 Å². The second-order valence-corrected chi connectivity index (χ2v) is 9.97. The first kappa shape index (κ1) is 23.5. The van der Waals surface area contributed by atoms with Crippen LogP contribution in [0.4, 0.5) is 5.69 Å². The van der Waals surface area contributed by atoms with E-state index in [9.17, 15) is 4.79 Å². The van der Waals surface area contributed by atoms with Crippen LogP contribution in [0.1, 0.15) is 56.4 Å². The van der Waals surface area contributed by atoms with E-state index >= 15 is 0 Å². The van der Waals surface area contributed by atoms with Gasteiger partial charge < -0.3 is 14.8 Å². The Hall–Kier alpha value is -2.70. The second kappa shape index (κ2) is 9.65. The van der Waals surface area contributed by atoms with Crippen LogP contribution < -0.4 is 5.32 Å². The molecule has 1 aliphatic rings. The number of nitrogens with zero attached hydrogens (tertiary/aromatic N) is 4. The van der Waals surface area contributed by atoms with Gasteiger partial charge in [0.1, 0.15) is 5.82 Å². The molecule has 3 aromatic rings. The molecule has 2 heterocycles. The van der Waals surface area contributed by atoms with Crippen molar-refractivity contribution in [3.8, 4) is 0 Å². The molecule has 6 nitrogen and oxygen atoms in total. The fraction of sp³-hybridized carbons (Fsp3) is 0.481. The van der Waals surface area contributed by atoms with E-state index < -0.39 is 0 Å². The molecular weight excluding hydrogens is 410 g/mol. The van der Waals surface area contributed by atoms with Crippen molar-refractivity contribution < 1.29 is 4.79 Å². The van der Waals surface area contributed by atoms with E-state index in [4.69, 9.17) is 4.98 Å². The number of carbonyl (C=O) groups excluding carboxylic acids is 1. The Labute approximate surface area is 197 Å². The molecule has 33 heavy (non-hydrogen) atoms. The maximum atomic E-state index is 12.8. The topological polar surface area (TPSA) is 53.4 Å². The number of anilines is 1. The molecule has 0 radical (unpaired) electrons. The highest BCUT2D eigenvalue weighted by atomic mass is 16.1. The van der Waals surface area contributed by atoms with Gasteiger partial charge in [-0.25, -0.2) is 4.98 Å². The van der Waals surface area contributed by atoms with Crippen molar-refractivity contribution >= 4 is 22.6 Å². The zero-order chi connectivity index (χ0) is 23.6. The third-order valence-electron chi connectivity index (χ3n) is 6.69. The van der Waals surface area contributed by atoms with Crippen LogP contribution in [-0.4, -0.2) is 58.0 Å². The van der Waals surface area contributed by atoms with E-state index in [0.29, 0.717) is 5.56 Å². The summed E-state index contributed by atoms with van der Waals surface area (Å²) >= 11 is 0. The molecule has 6 heteroatoms. The van der Waals surface area contributed by atoms with Crippen LogP contribution in [0.3, 0.4) is 0 Å². The molecule has 1 amide bonds. The monoisotopic (exact) mass is 447 g/mol. The number of aryl methyl sites for hydroxylation is 1. The van der Waals surface area contributed by atoms with Crippen molar-refractivity contribution in [3.05, 3.63) is 59.4 Å². The van der Waals surface area contributed by atoms with Crippen molar-refractivity contribution in [2.24, 2.45) is 0 Å². The minimum atomic E-state index is -0.0984. The van der Waals surface area contributed by atoms with E-state index in [0.717, 1.165) is 68.4 Å². The Morgan fingerprint density at radius 3 is 2.21 bits per heavy atom. The van der Waals surface area contributed by atoms with Gasteiger partial charge in [0.2, 0.25) is 0 Å². The number of fused-ring (bicyclic) bond motifs is 1. The first-order chi connectivity index (χ1) is 15.8. The molecule has 0 saturated carbocycles. The van der Waals surface area contributed by atoms with Gasteiger partial charge in [-0.2, -0.15) is 0 Å². The van der Waals surface area contributed by atoms with Crippen LogP contribution in [0, 0.1) is 0 Å². The van der Waals surface area contributed by atoms with Gasteiger partial charge in [0.05, 0.1) is 17.6 Å². The van der Waals surface area contributed by atoms with E-state index in [-0.39, 0.29) is 11.3 Å². The summed E-state index contributed by atoms with van der Waals surface area (Å²) in [6.45, 7) is 18.2. The van der Waals surface area contributed by atoms with Crippen molar-refractivity contribution in [2.45, 2.75) is 53.1 Å². The highest BCUT2D eigenvalue weighted by Crippen LogP contribution is 2.24. The molecule has 0 atom stereocenters. The van der Waals surface area contributed by atoms with Crippen molar-refractivity contribution in [1.82, 2.24) is 19.4 Å². The number of carbonyl (C=O) groups is 1. The maximum Gasteiger partial charge on any atom is 0.255 e. The van der Waals surface area contributed by atoms with Gasteiger partial charge in [-0.3, -0.25) is 9.69 Å². The van der Waals surface area contributed by atoms with Crippen LogP contribution in [0.15, 0.2) is 42.5 Å². The van der Waals surface area contributed by atoms with Crippen LogP contribution in [-0.2, 0) is 18.5 Å². The molecule has 2 aromatic carbocycles. The van der Waals surface area contributed by atoms with Crippen LogP contribution in [0.5, 0.6) is 0 Å². The molecule has 1 aliphatic heterocycles. The van der Waals surface area contributed by atoms with Gasteiger partial charge in [0, 0.05) is 44.0 Å². The smallest absolute Gasteiger partial charge is 0.255 e. The lowest BCUT2D eigenvalue weighted by Gasteiger charge is -2.33. The quantitative estimate of drug-likeness (QED) is 0.593. The normalized spacial score (nSPS) is 15.8. The highest BCUT2D eigenvalue weighted by molar-refractivity contribution is 6.05. The van der Waals surface area contributed by atoms with E-state index in [1.165, 1.54) is 5.56 Å². The highest BCUT2D eigenvalue weighted by Gasteiger charge is 2.19. The molecule has 1 fully saturated rings. The lowest BCUT2D eigenvalue weighted by Crippen LogP contribution is -2.45. The molecule has 4 rings (SSSR count). The fourth-order valence-electron chi connectivity index (χ4n) is 4.52. The van der Waals surface area contributed by atoms with Crippen LogP contribution >= 0.6 is 0 Å². The predicted molar refractivity (Wildman–Crippen MR) is 136 cm³/mol. The standard InChI is InChI=1S/C27H37N5O/c1-6-30-14-16-31(17-15-30)19-25-29-23-18-22(12-13-24(23)32(25)7-2)28-26(33)20-8-10-21(11-9-20)27(3,4)5/h8-13,18H,6-7,14-17,19H2,1-5H3,(H,28,33). The minimum Gasteiger partial charge on any atom is -0.327 e. The zero-order valence-electron chi connectivity index (χ0n) is 20.7. The predicted octanol–water partition coefficient (Wildman–Crippen LogP) is 4.74. The van der Waals surface area contributed by atoms with E-state index in [2.05, 4.69) is 60.4 Å². The van der Waals surface area contributed by atoms with Crippen molar-refractivity contribution in [2.75, 3.05) is 38.0 Å². The van der Waals surface area contributed by atoms with Crippen molar-refractivity contribution in [3.63, 3.8) is 0 Å². The Bertz CT molecular complexity index is 1100. The number of benzene rings is 2. The maximum absolute atomic E-state index is 12.8. The van der Waals surface area contributed by atoms with E-state index in [1.54, 1.807) is 0 Å². The summed E-state index contributed by atoms with van der Waals surface area (Å²) < 4.78 is 2.29. The average Bonchev–Trinajstić information content (AvgIpc) is 3.15. The first-order valence-electron chi connectivity index (χ1n) is 12.1. The summed E-state index contributed by atoms with van der Waals surface area (Å²) in [4.78, 5) is 22.7. The summed E-state index contributed by atoms with van der Waals surface area (Å²) in [7, 11) is 0. The summed E-state index contributed by atoms with van der Waals surface area (Å²) in [5.41, 5.74) is 4.77. The number of likely N-dealkylation sites (N-methyl/N-ethyl adjacent to an activating group) is 1. The average molecular weight is 448 g/mol. The summed E-state index contributed by atoms with van der Waals surface area (Å²) in [5, 5.41) is 3.04. The Balaban J connectivity index is 1.49. The largest absolute Gasteiger partial charge is 0.327 e. The minimum absolute atomic E-state index is 0.0689. The molecule has 1 aromatic heterocycles. The molecule has 0 aliphatic carbocycles. The molecular formula is C27H37N5O. The number of aromatic nitrogens is 2. The SMILES string of the molecule is CCN1CCN(Cc2nc3cc(NC(=O)c4ccc(C(C)(C)C)cc4)ccc3n2CC)CC1. The van der Waals surface area contributed by atoms with Gasteiger partial charge >= 0.3 is 0 Å². The van der Waals surface area contributed by atoms with Gasteiger partial charge in [0.25, 0.3) is 5.91 Å². The number of rotatable bonds is 6.